The van der Waals surface area contributed by atoms with Crippen LogP contribution in [0.1, 0.15) is 31.1 Å². The van der Waals surface area contributed by atoms with E-state index in [9.17, 15) is 9.59 Å². The van der Waals surface area contributed by atoms with Gasteiger partial charge >= 0.3 is 5.97 Å². The molecule has 1 aliphatic heterocycles. The normalized spacial score (nSPS) is 15.5. The molecule has 0 aromatic heterocycles. The lowest BCUT2D eigenvalue weighted by Gasteiger charge is -2.43. The van der Waals surface area contributed by atoms with Gasteiger partial charge < -0.3 is 14.9 Å². The molecule has 0 saturated carbocycles. The zero-order valence-corrected chi connectivity index (χ0v) is 11.6. The van der Waals surface area contributed by atoms with Gasteiger partial charge in [-0.2, -0.15) is 0 Å². The zero-order chi connectivity index (χ0) is 14.4. The molecule has 0 spiro atoms. The molecule has 0 aliphatic carbocycles. The molecule has 5 nitrogen and oxygen atoms in total. The second-order valence-corrected chi connectivity index (χ2v) is 5.72. The molecule has 0 saturated heterocycles. The fourth-order valence-electron chi connectivity index (χ4n) is 2.21. The highest BCUT2D eigenvalue weighted by atomic mass is 16.4. The quantitative estimate of drug-likeness (QED) is 0.840. The van der Waals surface area contributed by atoms with Gasteiger partial charge in [-0.1, -0.05) is 0 Å². The van der Waals surface area contributed by atoms with Crippen LogP contribution >= 0.6 is 0 Å². The van der Waals surface area contributed by atoms with E-state index in [2.05, 4.69) is 0 Å². The number of likely N-dealkylation sites (N-methyl/N-ethyl adjacent to an activating group) is 1. The number of benzene rings is 1. The van der Waals surface area contributed by atoms with Crippen molar-refractivity contribution >= 4 is 23.3 Å². The molecule has 1 aliphatic rings. The van der Waals surface area contributed by atoms with Crippen LogP contribution in [0.25, 0.3) is 0 Å². The van der Waals surface area contributed by atoms with Gasteiger partial charge in [0.2, 0.25) is 5.91 Å². The van der Waals surface area contributed by atoms with Gasteiger partial charge in [0.1, 0.15) is 0 Å². The molecular weight excluding hydrogens is 244 g/mol. The summed E-state index contributed by atoms with van der Waals surface area (Å²) in [6, 6.07) is 4.89. The Morgan fingerprint density at radius 3 is 2.42 bits per heavy atom. The van der Waals surface area contributed by atoms with Crippen molar-refractivity contribution in [3.63, 3.8) is 0 Å². The van der Waals surface area contributed by atoms with Crippen LogP contribution < -0.4 is 9.80 Å². The number of hydrogen-bond donors (Lipinski definition) is 1. The molecule has 1 N–H and O–H groups in total. The first-order valence-electron chi connectivity index (χ1n) is 6.13. The summed E-state index contributed by atoms with van der Waals surface area (Å²) in [5.41, 5.74) is 1.52. The molecule has 0 unspecified atom stereocenters. The highest BCUT2D eigenvalue weighted by molar-refractivity contribution is 6.04. The Labute approximate surface area is 112 Å². The predicted molar refractivity (Wildman–Crippen MR) is 73.9 cm³/mol. The van der Waals surface area contributed by atoms with Gasteiger partial charge in [0.05, 0.1) is 23.5 Å². The molecule has 2 rings (SSSR count). The van der Waals surface area contributed by atoms with Gasteiger partial charge in [0.15, 0.2) is 0 Å². The molecule has 19 heavy (non-hydrogen) atoms. The Bertz CT molecular complexity index is 546. The number of hydrogen-bond acceptors (Lipinski definition) is 3. The molecule has 1 heterocycles. The standard InChI is InChI=1S/C14H18N2O3/c1-14(2,3)16-8-12(17)15(4)11-7-9(13(18)19)5-6-10(11)16/h5-7H,8H2,1-4H3,(H,18,19). The van der Waals surface area contributed by atoms with E-state index in [1.54, 1.807) is 25.2 Å². The first-order valence-corrected chi connectivity index (χ1v) is 6.13. The maximum Gasteiger partial charge on any atom is 0.335 e. The van der Waals surface area contributed by atoms with Crippen molar-refractivity contribution in [2.24, 2.45) is 0 Å². The lowest BCUT2D eigenvalue weighted by Crippen LogP contribution is -2.51. The summed E-state index contributed by atoms with van der Waals surface area (Å²) in [5.74, 6) is -1.03. The molecule has 1 aromatic carbocycles. The number of nitrogens with zero attached hydrogens (tertiary/aromatic N) is 2. The van der Waals surface area contributed by atoms with Crippen molar-refractivity contribution in [2.75, 3.05) is 23.4 Å². The van der Waals surface area contributed by atoms with E-state index < -0.39 is 5.97 Å². The van der Waals surface area contributed by atoms with E-state index in [1.165, 1.54) is 4.90 Å². The zero-order valence-electron chi connectivity index (χ0n) is 11.6. The fraction of sp³-hybridized carbons (Fsp3) is 0.429. The third kappa shape index (κ3) is 2.28. The van der Waals surface area contributed by atoms with Crippen molar-refractivity contribution in [1.29, 1.82) is 0 Å². The van der Waals surface area contributed by atoms with Gasteiger partial charge in [0, 0.05) is 12.6 Å². The summed E-state index contributed by atoms with van der Waals surface area (Å²) in [7, 11) is 1.67. The smallest absolute Gasteiger partial charge is 0.335 e. The average Bonchev–Trinajstić information content (AvgIpc) is 2.31. The lowest BCUT2D eigenvalue weighted by atomic mass is 10.0. The number of carbonyl (C=O) groups excluding carboxylic acids is 1. The van der Waals surface area contributed by atoms with Crippen LogP contribution in [0.3, 0.4) is 0 Å². The maximum atomic E-state index is 12.0. The fourth-order valence-corrected chi connectivity index (χ4v) is 2.21. The van der Waals surface area contributed by atoms with Crippen LogP contribution in [-0.2, 0) is 4.79 Å². The lowest BCUT2D eigenvalue weighted by molar-refractivity contribution is -0.117. The number of rotatable bonds is 1. The van der Waals surface area contributed by atoms with Gasteiger partial charge in [-0.25, -0.2) is 4.79 Å². The molecule has 0 bridgehead atoms. The van der Waals surface area contributed by atoms with Crippen LogP contribution in [0.2, 0.25) is 0 Å². The molecule has 0 atom stereocenters. The van der Waals surface area contributed by atoms with E-state index in [1.807, 2.05) is 25.7 Å². The number of aromatic carboxylic acids is 1. The predicted octanol–water partition coefficient (Wildman–Crippen LogP) is 1.97. The molecule has 5 heteroatoms. The Hall–Kier alpha value is -2.04. The van der Waals surface area contributed by atoms with Crippen LogP contribution in [0, 0.1) is 0 Å². The average molecular weight is 262 g/mol. The third-order valence-corrected chi connectivity index (χ3v) is 3.35. The number of amides is 1. The molecule has 102 valence electrons. The first kappa shape index (κ1) is 13.4. The number of anilines is 2. The minimum absolute atomic E-state index is 0.0371. The van der Waals surface area contributed by atoms with E-state index in [0.717, 1.165) is 5.69 Å². The minimum Gasteiger partial charge on any atom is -0.478 e. The number of carboxylic acids is 1. The van der Waals surface area contributed by atoms with Gasteiger partial charge in [-0.3, -0.25) is 4.79 Å². The second-order valence-electron chi connectivity index (χ2n) is 5.72. The van der Waals surface area contributed by atoms with Crippen molar-refractivity contribution in [1.82, 2.24) is 0 Å². The Kier molecular flexibility index (Phi) is 3.00. The van der Waals surface area contributed by atoms with Crippen molar-refractivity contribution in [3.05, 3.63) is 23.8 Å². The van der Waals surface area contributed by atoms with Crippen LogP contribution in [0.15, 0.2) is 18.2 Å². The summed E-state index contributed by atoms with van der Waals surface area (Å²) < 4.78 is 0. The Morgan fingerprint density at radius 2 is 1.89 bits per heavy atom. The van der Waals surface area contributed by atoms with Gasteiger partial charge in [0.25, 0.3) is 0 Å². The third-order valence-electron chi connectivity index (χ3n) is 3.35. The Morgan fingerprint density at radius 1 is 1.26 bits per heavy atom. The van der Waals surface area contributed by atoms with Crippen molar-refractivity contribution in [3.8, 4) is 0 Å². The SMILES string of the molecule is CN1C(=O)CN(C(C)(C)C)c2ccc(C(=O)O)cc21. The molecule has 0 radical (unpaired) electrons. The summed E-state index contributed by atoms with van der Waals surface area (Å²) in [4.78, 5) is 26.6. The van der Waals surface area contributed by atoms with E-state index >= 15 is 0 Å². The molecule has 1 amide bonds. The number of carboxylic acid groups (broad SMARTS) is 1. The van der Waals surface area contributed by atoms with E-state index in [-0.39, 0.29) is 17.0 Å². The topological polar surface area (TPSA) is 60.9 Å². The molecule has 0 fully saturated rings. The summed E-state index contributed by atoms with van der Waals surface area (Å²) in [6.07, 6.45) is 0. The highest BCUT2D eigenvalue weighted by Crippen LogP contribution is 2.37. The van der Waals surface area contributed by atoms with Crippen LogP contribution in [0.5, 0.6) is 0 Å². The van der Waals surface area contributed by atoms with Crippen molar-refractivity contribution < 1.29 is 14.7 Å². The summed E-state index contributed by atoms with van der Waals surface area (Å²) >= 11 is 0. The summed E-state index contributed by atoms with van der Waals surface area (Å²) in [5, 5.41) is 9.05. The van der Waals surface area contributed by atoms with Gasteiger partial charge in [-0.05, 0) is 39.0 Å². The monoisotopic (exact) mass is 262 g/mol. The van der Waals surface area contributed by atoms with E-state index in [0.29, 0.717) is 12.2 Å². The largest absolute Gasteiger partial charge is 0.478 e. The van der Waals surface area contributed by atoms with Crippen molar-refractivity contribution in [2.45, 2.75) is 26.3 Å². The van der Waals surface area contributed by atoms with E-state index in [4.69, 9.17) is 5.11 Å². The molecular formula is C14H18N2O3. The second kappa shape index (κ2) is 4.26. The van der Waals surface area contributed by atoms with Crippen LogP contribution in [0.4, 0.5) is 11.4 Å². The maximum absolute atomic E-state index is 12.0. The summed E-state index contributed by atoms with van der Waals surface area (Å²) in [6.45, 7) is 6.39. The minimum atomic E-state index is -0.989. The Balaban J connectivity index is 2.59. The highest BCUT2D eigenvalue weighted by Gasteiger charge is 2.33. The van der Waals surface area contributed by atoms with Gasteiger partial charge in [-0.15, -0.1) is 0 Å². The number of fused-ring (bicyclic) bond motifs is 1. The first-order chi connectivity index (χ1) is 8.71. The molecule has 1 aromatic rings. The van der Waals surface area contributed by atoms with Crippen LogP contribution in [-0.4, -0.2) is 36.1 Å². The number of carbonyl (C=O) groups is 2.